The number of rotatable bonds is 20. The van der Waals surface area contributed by atoms with E-state index in [4.69, 9.17) is 25.9 Å². The molecule has 2 aliphatic rings. The van der Waals surface area contributed by atoms with Gasteiger partial charge in [-0.1, -0.05) is 54.1 Å². The van der Waals surface area contributed by atoms with Crippen molar-refractivity contribution >= 4 is 81.0 Å². The van der Waals surface area contributed by atoms with Crippen LogP contribution in [0.1, 0.15) is 66.8 Å². The van der Waals surface area contributed by atoms with Crippen molar-refractivity contribution in [2.75, 3.05) is 66.2 Å². The summed E-state index contributed by atoms with van der Waals surface area (Å²) in [7, 11) is -10.7. The van der Waals surface area contributed by atoms with Crippen LogP contribution in [0.15, 0.2) is 107 Å². The molecule has 24 heteroatoms. The summed E-state index contributed by atoms with van der Waals surface area (Å²) >= 11 is 4.51. The number of aromatic carboxylic acids is 1. The summed E-state index contributed by atoms with van der Waals surface area (Å²) in [6.07, 6.45) is 1.55. The first kappa shape index (κ1) is 55.3. The summed E-state index contributed by atoms with van der Waals surface area (Å²) in [5, 5.41) is 17.6. The molecule has 4 aromatic carbocycles. The molecule has 3 atom stereocenters. The standard InChI is InChI=1S/C48H57ClF3N6O10PS3/c1-31(2)57-32(3)44(47(59)60)46(45(57)35-9-13-36(49)14-10-35)56-26-22-53-42(28-56)34-11-15-38(16-12-34)58(71(64)65)39-17-18-41(43(27-39)72(66,67)48(50,51)52)54-37(30-70-40-7-5-4-6-8-40)21-25-55-23-19-33(20-24-55)29-68-69(61,62)63/h4-18,27,31,33,37,42,53-54H,19-26,28-30H2,1-3H3,(H,59,60)(H,64,65)(H2,61,62,63)/p-1/t37-,42+/m1/s1. The molecule has 0 spiro atoms. The molecule has 3 heterocycles. The predicted molar refractivity (Wildman–Crippen MR) is 273 cm³/mol. The van der Waals surface area contributed by atoms with E-state index in [9.17, 15) is 44.8 Å². The second-order valence-electron chi connectivity index (χ2n) is 17.9. The van der Waals surface area contributed by atoms with Crippen molar-refractivity contribution in [3.8, 4) is 11.3 Å². The number of aromatic nitrogens is 1. The lowest BCUT2D eigenvalue weighted by molar-refractivity contribution is -0.0435. The number of sulfone groups is 1. The maximum atomic E-state index is 14.5. The van der Waals surface area contributed by atoms with Crippen LogP contribution in [0.4, 0.5) is 35.9 Å². The number of carbonyl (C=O) groups is 1. The van der Waals surface area contributed by atoms with Crippen LogP contribution < -0.4 is 19.8 Å². The minimum absolute atomic E-state index is 0.00726. The van der Waals surface area contributed by atoms with E-state index in [1.54, 1.807) is 31.2 Å². The SMILES string of the molecule is Cc1c(C(=O)O)c(N2CCN[C@H](c3ccc(N(c4ccc(N[C@H](CCN5CCC(COP(=O)(O)O)CC5)CSc5ccccc5)c(S(=O)(=O)C(F)(F)F)c4)S(=O)[O-])cc3)C2)c(-c2ccc(Cl)cc2)n1C(C)C. The quantitative estimate of drug-likeness (QED) is 0.0279. The highest BCUT2D eigenvalue weighted by atomic mass is 35.5. The molecular weight excluding hydrogens is 1040 g/mol. The van der Waals surface area contributed by atoms with Crippen molar-refractivity contribution < 1.29 is 59.1 Å². The Kier molecular flexibility index (Phi) is 18.0. The second kappa shape index (κ2) is 23.4. The van der Waals surface area contributed by atoms with E-state index in [-0.39, 0.29) is 47.2 Å². The first-order valence-electron chi connectivity index (χ1n) is 23.1. The number of anilines is 4. The topological polar surface area (TPSA) is 217 Å². The number of carboxylic acid groups (broad SMARTS) is 1. The Labute approximate surface area is 428 Å². The van der Waals surface area contributed by atoms with Gasteiger partial charge >= 0.3 is 19.3 Å². The Balaban J connectivity index is 1.15. The Morgan fingerprint density at radius 1 is 1.01 bits per heavy atom. The average molecular weight is 1100 g/mol. The van der Waals surface area contributed by atoms with Crippen LogP contribution in [0.25, 0.3) is 11.3 Å². The van der Waals surface area contributed by atoms with Gasteiger partial charge in [0.25, 0.3) is 9.84 Å². The normalized spacial score (nSPS) is 17.3. The maximum absolute atomic E-state index is 14.5. The molecule has 5 aromatic rings. The number of hydrogen-bond donors (Lipinski definition) is 5. The largest absolute Gasteiger partial charge is 0.755 e. The number of piperazine rings is 1. The van der Waals surface area contributed by atoms with Gasteiger partial charge < -0.3 is 44.4 Å². The summed E-state index contributed by atoms with van der Waals surface area (Å²) in [4.78, 5) is 35.0. The van der Waals surface area contributed by atoms with Crippen molar-refractivity contribution in [1.29, 1.82) is 0 Å². The average Bonchev–Trinajstić information content (AvgIpc) is 3.65. The number of nitrogens with one attached hydrogen (secondary N) is 2. The van der Waals surface area contributed by atoms with Gasteiger partial charge in [-0.25, -0.2) is 17.8 Å². The molecule has 0 saturated carbocycles. The number of nitrogens with zero attached hydrogens (tertiary/aromatic N) is 4. The van der Waals surface area contributed by atoms with Crippen LogP contribution in [0, 0.1) is 12.8 Å². The van der Waals surface area contributed by atoms with Gasteiger partial charge in [0.2, 0.25) is 0 Å². The summed E-state index contributed by atoms with van der Waals surface area (Å²) in [5.74, 6) is -0.842. The summed E-state index contributed by atoms with van der Waals surface area (Å²) in [6, 6.07) is 24.6. The van der Waals surface area contributed by atoms with Crippen LogP contribution in [0.5, 0.6) is 0 Å². The lowest BCUT2D eigenvalue weighted by atomic mass is 9.97. The van der Waals surface area contributed by atoms with Crippen LogP contribution in [0.2, 0.25) is 5.02 Å². The van der Waals surface area contributed by atoms with Crippen molar-refractivity contribution in [2.45, 2.75) is 73.5 Å². The number of alkyl halides is 3. The van der Waals surface area contributed by atoms with Crippen molar-refractivity contribution in [2.24, 2.45) is 5.92 Å². The van der Waals surface area contributed by atoms with Gasteiger partial charge in [0.15, 0.2) is 0 Å². The zero-order valence-electron chi connectivity index (χ0n) is 39.5. The third-order valence-electron chi connectivity index (χ3n) is 12.8. The highest BCUT2D eigenvalue weighted by Crippen LogP contribution is 2.44. The molecule has 16 nitrogen and oxygen atoms in total. The van der Waals surface area contributed by atoms with Crippen LogP contribution in [0.3, 0.4) is 0 Å². The van der Waals surface area contributed by atoms with Gasteiger partial charge in [0.1, 0.15) is 10.5 Å². The number of carboxylic acids is 1. The van der Waals surface area contributed by atoms with E-state index in [0.717, 1.165) is 22.2 Å². The van der Waals surface area contributed by atoms with Gasteiger partial charge in [-0.05, 0) is 119 Å². The third kappa shape index (κ3) is 13.3. The number of thioether (sulfide) groups is 1. The number of phosphoric acid groups is 1. The fraction of sp³-hybridized carbons (Fsp3) is 0.396. The Hall–Kier alpha value is -4.45. The number of benzene rings is 4. The molecule has 0 bridgehead atoms. The Morgan fingerprint density at radius 3 is 2.26 bits per heavy atom. The molecule has 2 aliphatic heterocycles. The maximum Gasteiger partial charge on any atom is 0.501 e. The molecule has 390 valence electrons. The summed E-state index contributed by atoms with van der Waals surface area (Å²) in [5.41, 5.74) is -2.98. The third-order valence-corrected chi connectivity index (χ3v) is 16.9. The predicted octanol–water partition coefficient (Wildman–Crippen LogP) is 9.56. The fourth-order valence-electron chi connectivity index (χ4n) is 9.28. The van der Waals surface area contributed by atoms with E-state index in [0.29, 0.717) is 96.6 Å². The number of halogens is 4. The van der Waals surface area contributed by atoms with Crippen LogP contribution in [-0.2, 0) is 30.2 Å². The molecule has 1 unspecified atom stereocenters. The lowest BCUT2D eigenvalue weighted by Crippen LogP contribution is -2.46. The molecule has 0 aliphatic carbocycles. The van der Waals surface area contributed by atoms with Gasteiger partial charge in [-0.15, -0.1) is 11.8 Å². The summed E-state index contributed by atoms with van der Waals surface area (Å²) < 4.78 is 115. The molecule has 1 aromatic heterocycles. The van der Waals surface area contributed by atoms with Crippen molar-refractivity contribution in [3.05, 3.63) is 119 Å². The molecule has 5 N–H and O–H groups in total. The van der Waals surface area contributed by atoms with Gasteiger partial charge in [0.05, 0.1) is 46.3 Å². The van der Waals surface area contributed by atoms with Gasteiger partial charge in [0, 0.05) is 71.2 Å². The van der Waals surface area contributed by atoms with Crippen molar-refractivity contribution in [3.63, 3.8) is 0 Å². The van der Waals surface area contributed by atoms with E-state index >= 15 is 0 Å². The zero-order chi connectivity index (χ0) is 52.1. The van der Waals surface area contributed by atoms with Gasteiger partial charge in [-0.3, -0.25) is 13.0 Å². The van der Waals surface area contributed by atoms with E-state index in [1.165, 1.54) is 30.0 Å². The number of likely N-dealkylation sites (tertiary alicyclic amines) is 1. The van der Waals surface area contributed by atoms with Crippen LogP contribution >= 0.6 is 31.2 Å². The minimum atomic E-state index is -6.06. The minimum Gasteiger partial charge on any atom is -0.755 e. The lowest BCUT2D eigenvalue weighted by Gasteiger charge is -2.36. The highest BCUT2D eigenvalue weighted by molar-refractivity contribution is 7.99. The molecular formula is C48H56ClF3N6O10PS3-. The zero-order valence-corrected chi connectivity index (χ0v) is 43.6. The number of phosphoric ester groups is 1. The fourth-order valence-corrected chi connectivity index (χ4v) is 12.3. The highest BCUT2D eigenvalue weighted by Gasteiger charge is 2.48. The smallest absolute Gasteiger partial charge is 0.501 e. The van der Waals surface area contributed by atoms with E-state index in [1.807, 2.05) is 65.8 Å². The first-order valence-corrected chi connectivity index (χ1v) is 28.5. The van der Waals surface area contributed by atoms with E-state index < -0.39 is 51.3 Å². The summed E-state index contributed by atoms with van der Waals surface area (Å²) in [6.45, 7) is 8.46. The van der Waals surface area contributed by atoms with Crippen LogP contribution in [-0.4, -0.2) is 111 Å². The van der Waals surface area contributed by atoms with E-state index in [2.05, 4.69) is 15.5 Å². The second-order valence-corrected chi connectivity index (χ2v) is 23.4. The Bertz CT molecular complexity index is 2870. The molecule has 2 fully saturated rings. The molecule has 0 amide bonds. The monoisotopic (exact) mass is 1100 g/mol. The van der Waals surface area contributed by atoms with Gasteiger partial charge in [-0.2, -0.15) is 13.2 Å². The van der Waals surface area contributed by atoms with Crippen molar-refractivity contribution in [1.82, 2.24) is 14.8 Å². The number of hydrogen-bond acceptors (Lipinski definition) is 12. The molecule has 7 rings (SSSR count). The first-order chi connectivity index (χ1) is 34.0. The molecule has 0 radical (unpaired) electrons. The Morgan fingerprint density at radius 2 is 1.67 bits per heavy atom. The molecule has 2 saturated heterocycles. The number of piperidine rings is 1. The molecule has 72 heavy (non-hydrogen) atoms.